The first-order valence-corrected chi connectivity index (χ1v) is 8.62. The third-order valence-corrected chi connectivity index (χ3v) is 4.42. The van der Waals surface area contributed by atoms with Gasteiger partial charge in [-0.15, -0.1) is 0 Å². The highest BCUT2D eigenvalue weighted by atomic mass is 15.2. The lowest BCUT2D eigenvalue weighted by atomic mass is 10.1. The highest BCUT2D eigenvalue weighted by molar-refractivity contribution is 5.67. The van der Waals surface area contributed by atoms with Crippen LogP contribution in [0.5, 0.6) is 0 Å². The molecular weight excluding hydrogens is 310 g/mol. The van der Waals surface area contributed by atoms with Crippen molar-refractivity contribution in [3.05, 3.63) is 60.4 Å². The highest BCUT2D eigenvalue weighted by Gasteiger charge is 2.16. The van der Waals surface area contributed by atoms with E-state index in [4.69, 9.17) is 9.97 Å². The van der Waals surface area contributed by atoms with E-state index in [1.165, 1.54) is 5.56 Å². The molecule has 0 unspecified atom stereocenters. The molecule has 0 spiro atoms. The number of benzene rings is 1. The van der Waals surface area contributed by atoms with Crippen molar-refractivity contribution in [2.45, 2.75) is 6.92 Å². The van der Waals surface area contributed by atoms with Gasteiger partial charge in [-0.05, 0) is 19.1 Å². The quantitative estimate of drug-likeness (QED) is 0.800. The topological polar surface area (TPSA) is 53.9 Å². The van der Waals surface area contributed by atoms with Gasteiger partial charge in [-0.2, -0.15) is 0 Å². The second-order valence-corrected chi connectivity index (χ2v) is 6.28. The molecule has 1 aliphatic rings. The monoisotopic (exact) mass is 331 g/mol. The van der Waals surface area contributed by atoms with Crippen LogP contribution in [-0.4, -0.2) is 41.1 Å². The van der Waals surface area contributed by atoms with E-state index >= 15 is 0 Å². The van der Waals surface area contributed by atoms with E-state index in [0.29, 0.717) is 0 Å². The fourth-order valence-corrected chi connectivity index (χ4v) is 2.98. The number of aryl methyl sites for hydroxylation is 1. The van der Waals surface area contributed by atoms with E-state index in [1.54, 1.807) is 6.20 Å². The summed E-state index contributed by atoms with van der Waals surface area (Å²) in [6.45, 7) is 5.95. The minimum atomic E-state index is 0.759. The van der Waals surface area contributed by atoms with Gasteiger partial charge in [-0.1, -0.05) is 29.8 Å². The molecule has 1 aromatic carbocycles. The van der Waals surface area contributed by atoms with E-state index in [0.717, 1.165) is 54.6 Å². The molecule has 1 aliphatic heterocycles. The zero-order valence-corrected chi connectivity index (χ0v) is 14.3. The first kappa shape index (κ1) is 15.7. The molecule has 3 heterocycles. The van der Waals surface area contributed by atoms with Crippen molar-refractivity contribution in [1.29, 1.82) is 0 Å². The van der Waals surface area contributed by atoms with Gasteiger partial charge in [0, 0.05) is 55.8 Å². The van der Waals surface area contributed by atoms with Gasteiger partial charge in [0.15, 0.2) is 5.82 Å². The Morgan fingerprint density at radius 3 is 2.48 bits per heavy atom. The molecule has 5 heteroatoms. The second-order valence-electron chi connectivity index (χ2n) is 6.28. The Kier molecular flexibility index (Phi) is 4.39. The van der Waals surface area contributed by atoms with Crippen molar-refractivity contribution >= 4 is 5.82 Å². The summed E-state index contributed by atoms with van der Waals surface area (Å²) in [5, 5.41) is 3.39. The normalized spacial score (nSPS) is 14.5. The van der Waals surface area contributed by atoms with Crippen LogP contribution < -0.4 is 10.2 Å². The third kappa shape index (κ3) is 3.51. The van der Waals surface area contributed by atoms with E-state index in [2.05, 4.69) is 52.5 Å². The van der Waals surface area contributed by atoms with E-state index in [1.807, 2.05) is 18.3 Å². The molecular formula is C20H21N5. The fraction of sp³-hybridized carbons (Fsp3) is 0.250. The Morgan fingerprint density at radius 2 is 1.76 bits per heavy atom. The predicted octanol–water partition coefficient (Wildman–Crippen LogP) is 2.92. The number of nitrogens with zero attached hydrogens (tertiary/aromatic N) is 4. The molecule has 1 N–H and O–H groups in total. The molecule has 126 valence electrons. The molecule has 0 saturated carbocycles. The number of hydrogen-bond donors (Lipinski definition) is 1. The lowest BCUT2D eigenvalue weighted by Crippen LogP contribution is -2.44. The van der Waals surface area contributed by atoms with Crippen molar-refractivity contribution in [1.82, 2.24) is 20.3 Å². The molecule has 0 aliphatic carbocycles. The SMILES string of the molecule is Cc1ccc(-c2nc(-c3cccnc3)cc(N3CCNCC3)n2)cc1. The Balaban J connectivity index is 1.81. The molecule has 0 bridgehead atoms. The van der Waals surface area contributed by atoms with Crippen LogP contribution in [0.4, 0.5) is 5.82 Å². The largest absolute Gasteiger partial charge is 0.354 e. The summed E-state index contributed by atoms with van der Waals surface area (Å²) in [5.41, 5.74) is 4.18. The molecule has 4 rings (SSSR count). The van der Waals surface area contributed by atoms with E-state index in [-0.39, 0.29) is 0 Å². The summed E-state index contributed by atoms with van der Waals surface area (Å²) < 4.78 is 0. The summed E-state index contributed by atoms with van der Waals surface area (Å²) >= 11 is 0. The second kappa shape index (κ2) is 6.99. The van der Waals surface area contributed by atoms with Crippen LogP contribution in [0.15, 0.2) is 54.9 Å². The standard InChI is InChI=1S/C20H21N5/c1-15-4-6-16(7-5-15)20-23-18(17-3-2-8-22-14-17)13-19(24-20)25-11-9-21-10-12-25/h2-8,13-14,21H,9-12H2,1H3. The Labute approximate surface area is 147 Å². The zero-order valence-electron chi connectivity index (χ0n) is 14.3. The maximum Gasteiger partial charge on any atom is 0.162 e. The Morgan fingerprint density at radius 1 is 0.960 bits per heavy atom. The predicted molar refractivity (Wildman–Crippen MR) is 101 cm³/mol. The van der Waals surface area contributed by atoms with Crippen LogP contribution in [0.3, 0.4) is 0 Å². The molecule has 3 aromatic rings. The van der Waals surface area contributed by atoms with Crippen molar-refractivity contribution < 1.29 is 0 Å². The van der Waals surface area contributed by atoms with Gasteiger partial charge in [-0.25, -0.2) is 9.97 Å². The van der Waals surface area contributed by atoms with Crippen molar-refractivity contribution in [2.24, 2.45) is 0 Å². The van der Waals surface area contributed by atoms with E-state index in [9.17, 15) is 0 Å². The minimum Gasteiger partial charge on any atom is -0.354 e. The molecule has 1 fully saturated rings. The lowest BCUT2D eigenvalue weighted by Gasteiger charge is -2.29. The van der Waals surface area contributed by atoms with Crippen LogP contribution >= 0.6 is 0 Å². The van der Waals surface area contributed by atoms with Crippen molar-refractivity contribution in [2.75, 3.05) is 31.1 Å². The van der Waals surface area contributed by atoms with Crippen LogP contribution in [-0.2, 0) is 0 Å². The Bertz CT molecular complexity index is 840. The first-order valence-electron chi connectivity index (χ1n) is 8.62. The average Bonchev–Trinajstić information content (AvgIpc) is 2.69. The third-order valence-electron chi connectivity index (χ3n) is 4.42. The summed E-state index contributed by atoms with van der Waals surface area (Å²) in [6.07, 6.45) is 3.63. The van der Waals surface area contributed by atoms with Gasteiger partial charge in [0.1, 0.15) is 5.82 Å². The van der Waals surface area contributed by atoms with Gasteiger partial charge in [-0.3, -0.25) is 4.98 Å². The number of rotatable bonds is 3. The molecule has 0 radical (unpaired) electrons. The molecule has 0 atom stereocenters. The number of anilines is 1. The van der Waals surface area contributed by atoms with Crippen LogP contribution in [0.1, 0.15) is 5.56 Å². The molecule has 0 amide bonds. The summed E-state index contributed by atoms with van der Waals surface area (Å²) in [6, 6.07) is 14.4. The van der Waals surface area contributed by atoms with Gasteiger partial charge >= 0.3 is 0 Å². The minimum absolute atomic E-state index is 0.759. The molecule has 1 saturated heterocycles. The number of piperazine rings is 1. The number of aromatic nitrogens is 3. The zero-order chi connectivity index (χ0) is 17.1. The highest BCUT2D eigenvalue weighted by Crippen LogP contribution is 2.26. The van der Waals surface area contributed by atoms with Gasteiger partial charge in [0.05, 0.1) is 5.69 Å². The smallest absolute Gasteiger partial charge is 0.162 e. The maximum absolute atomic E-state index is 4.85. The van der Waals surface area contributed by atoms with Crippen LogP contribution in [0, 0.1) is 6.92 Å². The van der Waals surface area contributed by atoms with Crippen LogP contribution in [0.2, 0.25) is 0 Å². The summed E-state index contributed by atoms with van der Waals surface area (Å²) in [7, 11) is 0. The fourth-order valence-electron chi connectivity index (χ4n) is 2.98. The summed E-state index contributed by atoms with van der Waals surface area (Å²) in [5.74, 6) is 1.74. The lowest BCUT2D eigenvalue weighted by molar-refractivity contribution is 0.585. The molecule has 25 heavy (non-hydrogen) atoms. The maximum atomic E-state index is 4.85. The first-order chi connectivity index (χ1) is 12.3. The van der Waals surface area contributed by atoms with Gasteiger partial charge < -0.3 is 10.2 Å². The van der Waals surface area contributed by atoms with Crippen molar-refractivity contribution in [3.8, 4) is 22.6 Å². The number of hydrogen-bond acceptors (Lipinski definition) is 5. The Hall–Kier alpha value is -2.79. The number of pyridine rings is 1. The summed E-state index contributed by atoms with van der Waals surface area (Å²) in [4.78, 5) is 16.2. The number of nitrogens with one attached hydrogen (secondary N) is 1. The molecule has 2 aromatic heterocycles. The van der Waals surface area contributed by atoms with Crippen molar-refractivity contribution in [3.63, 3.8) is 0 Å². The van der Waals surface area contributed by atoms with Gasteiger partial charge in [0.25, 0.3) is 0 Å². The van der Waals surface area contributed by atoms with E-state index < -0.39 is 0 Å². The van der Waals surface area contributed by atoms with Crippen LogP contribution in [0.25, 0.3) is 22.6 Å². The average molecular weight is 331 g/mol. The molecule has 5 nitrogen and oxygen atoms in total. The van der Waals surface area contributed by atoms with Gasteiger partial charge in [0.2, 0.25) is 0 Å².